The minimum atomic E-state index is -0.430. The zero-order valence-corrected chi connectivity index (χ0v) is 13.0. The van der Waals surface area contributed by atoms with E-state index in [4.69, 9.17) is 9.47 Å². The number of likely N-dealkylation sites (N-methyl/N-ethyl adjacent to an activating group) is 1. The molecule has 5 nitrogen and oxygen atoms in total. The summed E-state index contributed by atoms with van der Waals surface area (Å²) in [5, 5.41) is 0. The SMILES string of the molecule is CC[C@H](Oc1cccc(OC)c1)C(=O)N1CCN(C)CC1. The Morgan fingerprint density at radius 3 is 2.52 bits per heavy atom. The average molecular weight is 292 g/mol. The Morgan fingerprint density at radius 2 is 1.90 bits per heavy atom. The summed E-state index contributed by atoms with van der Waals surface area (Å²) in [6.45, 7) is 5.35. The Kier molecular flexibility index (Phi) is 5.44. The molecule has 0 bridgehead atoms. The third kappa shape index (κ3) is 4.11. The molecule has 1 aromatic carbocycles. The van der Waals surface area contributed by atoms with Gasteiger partial charge < -0.3 is 19.3 Å². The van der Waals surface area contributed by atoms with E-state index in [0.29, 0.717) is 12.2 Å². The molecule has 1 aliphatic heterocycles. The van der Waals surface area contributed by atoms with Gasteiger partial charge in [-0.2, -0.15) is 0 Å². The van der Waals surface area contributed by atoms with Crippen LogP contribution in [0.2, 0.25) is 0 Å². The van der Waals surface area contributed by atoms with E-state index in [0.717, 1.165) is 31.9 Å². The fraction of sp³-hybridized carbons (Fsp3) is 0.562. The summed E-state index contributed by atoms with van der Waals surface area (Å²) in [4.78, 5) is 16.7. The first kappa shape index (κ1) is 15.6. The third-order valence-electron chi connectivity index (χ3n) is 3.78. The van der Waals surface area contributed by atoms with Crippen LogP contribution >= 0.6 is 0 Å². The Hall–Kier alpha value is -1.75. The second-order valence-electron chi connectivity index (χ2n) is 5.32. The number of carbonyl (C=O) groups excluding carboxylic acids is 1. The number of hydrogen-bond acceptors (Lipinski definition) is 4. The summed E-state index contributed by atoms with van der Waals surface area (Å²) < 4.78 is 11.0. The molecular formula is C16H24N2O3. The summed E-state index contributed by atoms with van der Waals surface area (Å²) >= 11 is 0. The molecule has 116 valence electrons. The van der Waals surface area contributed by atoms with Crippen molar-refractivity contribution in [3.05, 3.63) is 24.3 Å². The van der Waals surface area contributed by atoms with Gasteiger partial charge in [0.1, 0.15) is 11.5 Å². The second-order valence-corrected chi connectivity index (χ2v) is 5.32. The lowest BCUT2D eigenvalue weighted by Crippen LogP contribution is -2.51. The van der Waals surface area contributed by atoms with E-state index in [9.17, 15) is 4.79 Å². The molecule has 0 aromatic heterocycles. The van der Waals surface area contributed by atoms with E-state index in [-0.39, 0.29) is 5.91 Å². The lowest BCUT2D eigenvalue weighted by Gasteiger charge is -2.34. The molecule has 0 N–H and O–H groups in total. The van der Waals surface area contributed by atoms with Crippen LogP contribution in [0.25, 0.3) is 0 Å². The van der Waals surface area contributed by atoms with E-state index in [1.807, 2.05) is 30.0 Å². The summed E-state index contributed by atoms with van der Waals surface area (Å²) in [7, 11) is 3.69. The van der Waals surface area contributed by atoms with Gasteiger partial charge in [0.25, 0.3) is 5.91 Å². The average Bonchev–Trinajstić information content (AvgIpc) is 2.53. The van der Waals surface area contributed by atoms with Gasteiger partial charge in [0.2, 0.25) is 0 Å². The topological polar surface area (TPSA) is 42.0 Å². The van der Waals surface area contributed by atoms with Crippen LogP contribution in [0.3, 0.4) is 0 Å². The van der Waals surface area contributed by atoms with Crippen LogP contribution in [0, 0.1) is 0 Å². The van der Waals surface area contributed by atoms with Crippen LogP contribution in [0.4, 0.5) is 0 Å². The first-order valence-electron chi connectivity index (χ1n) is 7.42. The number of hydrogen-bond donors (Lipinski definition) is 0. The van der Waals surface area contributed by atoms with Gasteiger partial charge in [-0.3, -0.25) is 4.79 Å². The summed E-state index contributed by atoms with van der Waals surface area (Å²) in [6.07, 6.45) is 0.225. The number of methoxy groups -OCH3 is 1. The van der Waals surface area contributed by atoms with Crippen LogP contribution < -0.4 is 9.47 Å². The monoisotopic (exact) mass is 292 g/mol. The molecule has 1 amide bonds. The summed E-state index contributed by atoms with van der Waals surface area (Å²) in [6, 6.07) is 7.37. The van der Waals surface area contributed by atoms with Crippen molar-refractivity contribution in [3.63, 3.8) is 0 Å². The van der Waals surface area contributed by atoms with Crippen molar-refractivity contribution in [3.8, 4) is 11.5 Å². The first-order chi connectivity index (χ1) is 10.1. The normalized spacial score (nSPS) is 17.4. The highest BCUT2D eigenvalue weighted by atomic mass is 16.5. The van der Waals surface area contributed by atoms with Crippen LogP contribution in [0.15, 0.2) is 24.3 Å². The number of ether oxygens (including phenoxy) is 2. The molecule has 1 saturated heterocycles. The van der Waals surface area contributed by atoms with E-state index in [1.54, 1.807) is 13.2 Å². The van der Waals surface area contributed by atoms with Gasteiger partial charge in [0.15, 0.2) is 6.10 Å². The van der Waals surface area contributed by atoms with Gasteiger partial charge in [-0.15, -0.1) is 0 Å². The fourth-order valence-corrected chi connectivity index (χ4v) is 2.38. The van der Waals surface area contributed by atoms with Crippen LogP contribution in [0.5, 0.6) is 11.5 Å². The molecule has 1 aromatic rings. The highest BCUT2D eigenvalue weighted by Gasteiger charge is 2.26. The summed E-state index contributed by atoms with van der Waals surface area (Å²) in [5.74, 6) is 1.48. The van der Waals surface area contributed by atoms with Gasteiger partial charge in [-0.05, 0) is 25.6 Å². The number of carbonyl (C=O) groups is 1. The Bertz CT molecular complexity index is 470. The van der Waals surface area contributed by atoms with E-state index < -0.39 is 6.10 Å². The molecule has 1 fully saturated rings. The molecule has 0 spiro atoms. The van der Waals surface area contributed by atoms with Crippen LogP contribution in [0.1, 0.15) is 13.3 Å². The predicted octanol–water partition coefficient (Wildman–Crippen LogP) is 1.63. The number of amides is 1. The number of rotatable bonds is 5. The van der Waals surface area contributed by atoms with Crippen molar-refractivity contribution in [2.75, 3.05) is 40.3 Å². The van der Waals surface area contributed by atoms with Gasteiger partial charge in [0, 0.05) is 32.2 Å². The highest BCUT2D eigenvalue weighted by Crippen LogP contribution is 2.21. The maximum absolute atomic E-state index is 12.5. The number of piperazine rings is 1. The maximum Gasteiger partial charge on any atom is 0.263 e. The Labute approximate surface area is 126 Å². The molecular weight excluding hydrogens is 268 g/mol. The van der Waals surface area contributed by atoms with Crippen LogP contribution in [-0.2, 0) is 4.79 Å². The van der Waals surface area contributed by atoms with Gasteiger partial charge in [-0.25, -0.2) is 0 Å². The molecule has 0 saturated carbocycles. The molecule has 1 heterocycles. The van der Waals surface area contributed by atoms with Crippen molar-refractivity contribution in [2.24, 2.45) is 0 Å². The van der Waals surface area contributed by atoms with Gasteiger partial charge in [0.05, 0.1) is 7.11 Å². The largest absolute Gasteiger partial charge is 0.497 e. The lowest BCUT2D eigenvalue weighted by molar-refractivity contribution is -0.140. The van der Waals surface area contributed by atoms with Crippen molar-refractivity contribution in [1.29, 1.82) is 0 Å². The van der Waals surface area contributed by atoms with Crippen molar-refractivity contribution in [2.45, 2.75) is 19.4 Å². The van der Waals surface area contributed by atoms with E-state index in [1.165, 1.54) is 0 Å². The van der Waals surface area contributed by atoms with E-state index in [2.05, 4.69) is 11.9 Å². The molecule has 1 aliphatic rings. The first-order valence-corrected chi connectivity index (χ1v) is 7.42. The zero-order valence-electron chi connectivity index (χ0n) is 13.0. The van der Waals surface area contributed by atoms with Gasteiger partial charge in [-0.1, -0.05) is 13.0 Å². The standard InChI is InChI=1S/C16H24N2O3/c1-4-15(16(19)18-10-8-17(2)9-11-18)21-14-7-5-6-13(12-14)20-3/h5-7,12,15H,4,8-11H2,1-3H3/t15-/m0/s1. The third-order valence-corrected chi connectivity index (χ3v) is 3.78. The smallest absolute Gasteiger partial charge is 0.263 e. The molecule has 21 heavy (non-hydrogen) atoms. The molecule has 1 atom stereocenters. The number of benzene rings is 1. The van der Waals surface area contributed by atoms with Crippen molar-refractivity contribution < 1.29 is 14.3 Å². The molecule has 5 heteroatoms. The van der Waals surface area contributed by atoms with Crippen molar-refractivity contribution in [1.82, 2.24) is 9.80 Å². The minimum Gasteiger partial charge on any atom is -0.497 e. The Balaban J connectivity index is 2.00. The second kappa shape index (κ2) is 7.31. The molecule has 0 unspecified atom stereocenters. The van der Waals surface area contributed by atoms with Crippen LogP contribution in [-0.4, -0.2) is 62.1 Å². The number of nitrogens with zero attached hydrogens (tertiary/aromatic N) is 2. The molecule has 0 radical (unpaired) electrons. The Morgan fingerprint density at radius 1 is 1.24 bits per heavy atom. The van der Waals surface area contributed by atoms with E-state index >= 15 is 0 Å². The predicted molar refractivity (Wildman–Crippen MR) is 81.8 cm³/mol. The lowest BCUT2D eigenvalue weighted by atomic mass is 10.2. The zero-order chi connectivity index (χ0) is 15.2. The van der Waals surface area contributed by atoms with Crippen molar-refractivity contribution >= 4 is 5.91 Å². The minimum absolute atomic E-state index is 0.0772. The fourth-order valence-electron chi connectivity index (χ4n) is 2.38. The quantitative estimate of drug-likeness (QED) is 0.827. The summed E-state index contributed by atoms with van der Waals surface area (Å²) in [5.41, 5.74) is 0. The maximum atomic E-state index is 12.5. The molecule has 0 aliphatic carbocycles. The van der Waals surface area contributed by atoms with Gasteiger partial charge >= 0.3 is 0 Å². The molecule has 2 rings (SSSR count). The highest BCUT2D eigenvalue weighted by molar-refractivity contribution is 5.81.